The number of carbonyl (C=O) groups is 1. The Balaban J connectivity index is 1.78. The van der Waals surface area contributed by atoms with E-state index in [2.05, 4.69) is 15.3 Å². The molecule has 1 N–H and O–H groups in total. The Morgan fingerprint density at radius 1 is 1.15 bits per heavy atom. The Bertz CT molecular complexity index is 1070. The highest BCUT2D eigenvalue weighted by Crippen LogP contribution is 2.55. The van der Waals surface area contributed by atoms with Crippen LogP contribution < -0.4 is 10.1 Å². The van der Waals surface area contributed by atoms with E-state index in [1.165, 1.54) is 18.5 Å². The average molecular weight is 461 g/mol. The molecule has 0 aliphatic heterocycles. The molecule has 1 aromatic carbocycles. The summed E-state index contributed by atoms with van der Waals surface area (Å²) in [4.78, 5) is 21.3. The number of rotatable bonds is 5. The molecule has 0 unspecified atom stereocenters. The van der Waals surface area contributed by atoms with Crippen molar-refractivity contribution in [1.82, 2.24) is 15.3 Å². The zero-order valence-corrected chi connectivity index (χ0v) is 19.4. The normalized spacial score (nSPS) is 21.1. The molecule has 6 nitrogen and oxygen atoms in total. The topological polar surface area (TPSA) is 87.9 Å². The predicted octanol–water partition coefficient (Wildman–Crippen LogP) is 5.10. The van der Waals surface area contributed by atoms with Gasteiger partial charge in [0.1, 0.15) is 17.7 Å². The van der Waals surface area contributed by atoms with Crippen LogP contribution in [-0.2, 0) is 6.18 Å². The number of hydrogen-bond acceptors (Lipinski definition) is 5. The van der Waals surface area contributed by atoms with E-state index < -0.39 is 34.2 Å². The fraction of sp³-hybridized carbons (Fsp3) is 0.500. The fourth-order valence-corrected chi connectivity index (χ4v) is 4.83. The van der Waals surface area contributed by atoms with Gasteiger partial charge in [-0.3, -0.25) is 4.79 Å². The summed E-state index contributed by atoms with van der Waals surface area (Å²) in [7, 11) is 0. The van der Waals surface area contributed by atoms with E-state index in [0.717, 1.165) is 12.1 Å². The largest absolute Gasteiger partial charge is 0.489 e. The quantitative estimate of drug-likeness (QED) is 0.671. The van der Waals surface area contributed by atoms with Gasteiger partial charge in [-0.1, -0.05) is 41.5 Å². The van der Waals surface area contributed by atoms with Gasteiger partial charge in [-0.2, -0.15) is 18.4 Å². The van der Waals surface area contributed by atoms with Gasteiger partial charge in [0.05, 0.1) is 22.8 Å². The van der Waals surface area contributed by atoms with E-state index in [0.29, 0.717) is 11.4 Å². The number of nitrogens with one attached hydrogen (secondary N) is 1. The summed E-state index contributed by atoms with van der Waals surface area (Å²) in [5.41, 5.74) is -2.32. The lowest BCUT2D eigenvalue weighted by atomic mass is 9.49. The zero-order valence-electron chi connectivity index (χ0n) is 19.4. The van der Waals surface area contributed by atoms with Crippen molar-refractivity contribution in [3.63, 3.8) is 0 Å². The van der Waals surface area contributed by atoms with Gasteiger partial charge < -0.3 is 10.1 Å². The van der Waals surface area contributed by atoms with Crippen LogP contribution in [0, 0.1) is 22.2 Å². The van der Waals surface area contributed by atoms with Crippen molar-refractivity contribution >= 4 is 5.91 Å². The number of amides is 1. The van der Waals surface area contributed by atoms with Crippen LogP contribution in [0.1, 0.15) is 74.8 Å². The van der Waals surface area contributed by atoms with E-state index in [1.54, 1.807) is 6.07 Å². The molecule has 1 aliphatic carbocycles. The van der Waals surface area contributed by atoms with Crippen molar-refractivity contribution in [2.24, 2.45) is 10.8 Å². The van der Waals surface area contributed by atoms with Crippen molar-refractivity contribution in [3.05, 3.63) is 53.1 Å². The first-order chi connectivity index (χ1) is 15.2. The Morgan fingerprint density at radius 2 is 1.73 bits per heavy atom. The number of nitriles is 1. The summed E-state index contributed by atoms with van der Waals surface area (Å²) in [5.74, 6) is 0.483. The van der Waals surface area contributed by atoms with Crippen LogP contribution in [0.25, 0.3) is 0 Å². The first-order valence-electron chi connectivity index (χ1n) is 10.6. The maximum absolute atomic E-state index is 13.3. The Hall–Kier alpha value is -3.15. The zero-order chi connectivity index (χ0) is 24.8. The molecular weight excluding hydrogens is 433 g/mol. The van der Waals surface area contributed by atoms with Crippen LogP contribution in [0.15, 0.2) is 30.6 Å². The van der Waals surface area contributed by atoms with Crippen molar-refractivity contribution in [2.45, 2.75) is 65.8 Å². The first-order valence-corrected chi connectivity index (χ1v) is 10.6. The number of nitrogens with zero attached hydrogens (tertiary/aromatic N) is 3. The second-order valence-corrected chi connectivity index (χ2v) is 9.85. The van der Waals surface area contributed by atoms with Crippen molar-refractivity contribution in [1.29, 1.82) is 5.26 Å². The van der Waals surface area contributed by atoms with Gasteiger partial charge in [-0.25, -0.2) is 9.97 Å². The number of carbonyl (C=O) groups excluding carboxylic acids is 1. The van der Waals surface area contributed by atoms with E-state index in [-0.39, 0.29) is 23.6 Å². The summed E-state index contributed by atoms with van der Waals surface area (Å²) < 4.78 is 46.0. The van der Waals surface area contributed by atoms with Crippen LogP contribution in [0.3, 0.4) is 0 Å². The number of aromatic nitrogens is 2. The minimum atomic E-state index is -4.67. The molecule has 1 amide bonds. The van der Waals surface area contributed by atoms with Crippen molar-refractivity contribution in [2.75, 3.05) is 0 Å². The van der Waals surface area contributed by atoms with Gasteiger partial charge in [0.25, 0.3) is 5.91 Å². The van der Waals surface area contributed by atoms with Gasteiger partial charge in [-0.15, -0.1) is 0 Å². The number of halogens is 3. The molecule has 0 radical (unpaired) electrons. The van der Waals surface area contributed by atoms with Crippen molar-refractivity contribution in [3.8, 4) is 11.8 Å². The smallest absolute Gasteiger partial charge is 0.417 e. The summed E-state index contributed by atoms with van der Waals surface area (Å²) >= 11 is 0. The van der Waals surface area contributed by atoms with Crippen LogP contribution in [0.5, 0.6) is 5.75 Å². The predicted molar refractivity (Wildman–Crippen MR) is 116 cm³/mol. The number of hydrogen-bond donors (Lipinski definition) is 1. The number of alkyl halides is 3. The fourth-order valence-electron chi connectivity index (χ4n) is 4.83. The molecule has 33 heavy (non-hydrogen) atoms. The number of benzene rings is 1. The SMILES string of the molecule is CC(C)c1ncc(C(=O)NC2C(C)(C)C(Oc3ccc(C#N)c(C(F)(F)F)c3)C2(C)C)cn1. The van der Waals surface area contributed by atoms with Crippen LogP contribution >= 0.6 is 0 Å². The van der Waals surface area contributed by atoms with Gasteiger partial charge in [0.2, 0.25) is 0 Å². The molecule has 2 aromatic rings. The molecule has 1 aliphatic rings. The maximum atomic E-state index is 13.3. The average Bonchev–Trinajstić information content (AvgIpc) is 2.74. The molecule has 0 saturated heterocycles. The minimum Gasteiger partial charge on any atom is -0.489 e. The molecular formula is C24H27F3N4O2. The van der Waals surface area contributed by atoms with E-state index >= 15 is 0 Å². The molecule has 1 saturated carbocycles. The van der Waals surface area contributed by atoms with Crippen LogP contribution in [-0.4, -0.2) is 28.0 Å². The molecule has 0 bridgehead atoms. The third-order valence-corrected chi connectivity index (χ3v) is 6.24. The minimum absolute atomic E-state index is 0.0231. The highest BCUT2D eigenvalue weighted by atomic mass is 19.4. The molecule has 3 rings (SSSR count). The second kappa shape index (κ2) is 8.32. The highest BCUT2D eigenvalue weighted by Gasteiger charge is 2.64. The summed E-state index contributed by atoms with van der Waals surface area (Å²) in [5, 5.41) is 12.0. The third kappa shape index (κ3) is 4.52. The molecule has 1 aromatic heterocycles. The lowest BCUT2D eigenvalue weighted by molar-refractivity contribution is -0.164. The van der Waals surface area contributed by atoms with Crippen LogP contribution in [0.2, 0.25) is 0 Å². The molecule has 0 spiro atoms. The number of ether oxygens (including phenoxy) is 1. The van der Waals surface area contributed by atoms with Crippen molar-refractivity contribution < 1.29 is 22.7 Å². The Kier molecular flexibility index (Phi) is 6.18. The lowest BCUT2D eigenvalue weighted by Crippen LogP contribution is -2.74. The van der Waals surface area contributed by atoms with E-state index in [4.69, 9.17) is 10.00 Å². The second-order valence-electron chi connectivity index (χ2n) is 9.85. The van der Waals surface area contributed by atoms with Gasteiger partial charge >= 0.3 is 6.18 Å². The molecule has 1 fully saturated rings. The summed E-state index contributed by atoms with van der Waals surface area (Å²) in [6.07, 6.45) is -2.18. The van der Waals surface area contributed by atoms with Crippen LogP contribution in [0.4, 0.5) is 13.2 Å². The van der Waals surface area contributed by atoms with Gasteiger partial charge in [0.15, 0.2) is 0 Å². The summed E-state index contributed by atoms with van der Waals surface area (Å²) in [6.45, 7) is 11.5. The standard InChI is InChI=1S/C24H27F3N4O2/c1-13(2)18-29-11-15(12-30-18)19(32)31-20-22(3,4)21(23(20,5)6)33-16-8-7-14(10-28)17(9-16)24(25,26)27/h7-9,11-13,20-21H,1-6H3,(H,31,32). The van der Waals surface area contributed by atoms with Gasteiger partial charge in [0, 0.05) is 35.2 Å². The molecule has 176 valence electrons. The first kappa shape index (κ1) is 24.5. The lowest BCUT2D eigenvalue weighted by Gasteiger charge is -2.63. The maximum Gasteiger partial charge on any atom is 0.417 e. The molecule has 1 heterocycles. The van der Waals surface area contributed by atoms with Gasteiger partial charge in [-0.05, 0) is 18.2 Å². The van der Waals surface area contributed by atoms with E-state index in [1.807, 2.05) is 41.5 Å². The summed E-state index contributed by atoms with van der Waals surface area (Å²) in [6, 6.07) is 4.57. The van der Waals surface area contributed by atoms with E-state index in [9.17, 15) is 18.0 Å². The molecule has 0 atom stereocenters. The highest BCUT2D eigenvalue weighted by molar-refractivity contribution is 5.94. The Labute approximate surface area is 191 Å². The molecule has 9 heteroatoms. The Morgan fingerprint density at radius 3 is 2.21 bits per heavy atom. The third-order valence-electron chi connectivity index (χ3n) is 6.24. The monoisotopic (exact) mass is 460 g/mol.